The highest BCUT2D eigenvalue weighted by Crippen LogP contribution is 2.47. The Balaban J connectivity index is 1.25. The lowest BCUT2D eigenvalue weighted by molar-refractivity contribution is 0.624. The standard InChI is InChI=1S/C40H30N2S/c1-41-34-16-8-5-13-29(34)33(28-21-19-27(20-22-28)26-11-3-2-4-12-26)25-38(41)42-35-17-9-6-15-32(35)39-36(42)24-23-31-30-14-7-10-18-37(30)43-40(31)39/h2-19,21-25,27,38H,20H2,1H3. The molecule has 0 saturated carbocycles. The maximum atomic E-state index is 2.56. The summed E-state index contributed by atoms with van der Waals surface area (Å²) in [6.45, 7) is 0. The summed E-state index contributed by atoms with van der Waals surface area (Å²) < 4.78 is 5.28. The van der Waals surface area contributed by atoms with E-state index < -0.39 is 0 Å². The summed E-state index contributed by atoms with van der Waals surface area (Å²) in [7, 11) is 2.24. The zero-order valence-corrected chi connectivity index (χ0v) is 24.8. The first-order valence-corrected chi connectivity index (χ1v) is 15.9. The molecule has 0 amide bonds. The predicted octanol–water partition coefficient (Wildman–Crippen LogP) is 10.9. The van der Waals surface area contributed by atoms with Gasteiger partial charge in [-0.2, -0.15) is 0 Å². The average Bonchev–Trinajstić information content (AvgIpc) is 3.61. The molecule has 2 aliphatic rings. The molecule has 1 aliphatic heterocycles. The van der Waals surface area contributed by atoms with Gasteiger partial charge in [0.2, 0.25) is 0 Å². The second-order valence-corrected chi connectivity index (χ2v) is 12.8. The Bertz CT molecular complexity index is 2300. The molecular formula is C40H30N2S. The third kappa shape index (κ3) is 3.71. The van der Waals surface area contributed by atoms with E-state index in [9.17, 15) is 0 Å². The molecule has 206 valence electrons. The average molecular weight is 571 g/mol. The molecule has 2 aromatic heterocycles. The van der Waals surface area contributed by atoms with Crippen molar-refractivity contribution in [1.82, 2.24) is 4.57 Å². The second-order valence-electron chi connectivity index (χ2n) is 11.7. The van der Waals surface area contributed by atoms with Crippen molar-refractivity contribution in [3.8, 4) is 0 Å². The number of aromatic nitrogens is 1. The Hall–Kier alpha value is -4.86. The summed E-state index contributed by atoms with van der Waals surface area (Å²) in [4.78, 5) is 2.44. The lowest BCUT2D eigenvalue weighted by Crippen LogP contribution is -2.31. The molecule has 43 heavy (non-hydrogen) atoms. The van der Waals surface area contributed by atoms with Gasteiger partial charge in [-0.1, -0.05) is 109 Å². The van der Waals surface area contributed by atoms with Gasteiger partial charge in [0.25, 0.3) is 0 Å². The second kappa shape index (κ2) is 9.58. The molecule has 1 aliphatic carbocycles. The van der Waals surface area contributed by atoms with Crippen LogP contribution in [-0.4, -0.2) is 11.6 Å². The molecule has 0 spiro atoms. The quantitative estimate of drug-likeness (QED) is 0.205. The number of allylic oxidation sites excluding steroid dienone is 5. The lowest BCUT2D eigenvalue weighted by atomic mass is 9.84. The van der Waals surface area contributed by atoms with Crippen molar-refractivity contribution in [2.45, 2.75) is 18.5 Å². The van der Waals surface area contributed by atoms with Crippen LogP contribution in [0.4, 0.5) is 5.69 Å². The first-order valence-electron chi connectivity index (χ1n) is 15.1. The van der Waals surface area contributed by atoms with Gasteiger partial charge in [-0.15, -0.1) is 11.3 Å². The molecule has 2 atom stereocenters. The van der Waals surface area contributed by atoms with Gasteiger partial charge in [0.15, 0.2) is 0 Å². The summed E-state index contributed by atoms with van der Waals surface area (Å²) >= 11 is 1.92. The van der Waals surface area contributed by atoms with E-state index >= 15 is 0 Å². The van der Waals surface area contributed by atoms with E-state index in [1.165, 1.54) is 69.9 Å². The van der Waals surface area contributed by atoms with Crippen LogP contribution in [0.5, 0.6) is 0 Å². The van der Waals surface area contributed by atoms with E-state index in [0.29, 0.717) is 5.92 Å². The Morgan fingerprint density at radius 2 is 1.47 bits per heavy atom. The summed E-state index contributed by atoms with van der Waals surface area (Å²) in [5, 5.41) is 5.37. The maximum absolute atomic E-state index is 2.56. The number of rotatable bonds is 3. The van der Waals surface area contributed by atoms with E-state index in [0.717, 1.165) is 6.42 Å². The predicted molar refractivity (Wildman–Crippen MR) is 185 cm³/mol. The van der Waals surface area contributed by atoms with Gasteiger partial charge < -0.3 is 9.47 Å². The monoisotopic (exact) mass is 570 g/mol. The van der Waals surface area contributed by atoms with Crippen molar-refractivity contribution in [2.75, 3.05) is 11.9 Å². The summed E-state index contributed by atoms with van der Waals surface area (Å²) in [5.41, 5.74) is 9.11. The third-order valence-electron chi connectivity index (χ3n) is 9.41. The number of hydrogen-bond acceptors (Lipinski definition) is 2. The molecule has 0 N–H and O–H groups in total. The van der Waals surface area contributed by atoms with Gasteiger partial charge in [-0.3, -0.25) is 0 Å². The Morgan fingerprint density at radius 3 is 2.33 bits per heavy atom. The fourth-order valence-electron chi connectivity index (χ4n) is 7.32. The van der Waals surface area contributed by atoms with Crippen LogP contribution < -0.4 is 4.90 Å². The van der Waals surface area contributed by atoms with Crippen molar-refractivity contribution < 1.29 is 0 Å². The third-order valence-corrected chi connectivity index (χ3v) is 10.6. The molecule has 2 unspecified atom stereocenters. The molecule has 5 aromatic carbocycles. The van der Waals surface area contributed by atoms with Crippen molar-refractivity contribution in [2.24, 2.45) is 0 Å². The Kier molecular flexibility index (Phi) is 5.51. The molecule has 9 rings (SSSR count). The number of nitrogens with zero attached hydrogens (tertiary/aromatic N) is 2. The fourth-order valence-corrected chi connectivity index (χ4v) is 8.58. The molecule has 2 nitrogen and oxygen atoms in total. The van der Waals surface area contributed by atoms with Gasteiger partial charge in [0, 0.05) is 55.2 Å². The number of benzene rings is 5. The molecule has 7 aromatic rings. The van der Waals surface area contributed by atoms with Crippen LogP contribution in [0.15, 0.2) is 145 Å². The van der Waals surface area contributed by atoms with Crippen LogP contribution >= 0.6 is 11.3 Å². The molecule has 0 radical (unpaired) electrons. The number of para-hydroxylation sites is 2. The number of likely N-dealkylation sites (N-methyl/N-ethyl adjacent to an activating group) is 1. The minimum Gasteiger partial charge on any atom is -0.350 e. The number of hydrogen-bond donors (Lipinski definition) is 0. The van der Waals surface area contributed by atoms with Crippen molar-refractivity contribution in [3.63, 3.8) is 0 Å². The van der Waals surface area contributed by atoms with Crippen LogP contribution in [0.3, 0.4) is 0 Å². The number of fused-ring (bicyclic) bond motifs is 8. The fraction of sp³-hybridized carbons (Fsp3) is 0.100. The highest BCUT2D eigenvalue weighted by Gasteiger charge is 2.29. The minimum atomic E-state index is 0.0280. The topological polar surface area (TPSA) is 8.17 Å². The van der Waals surface area contributed by atoms with Crippen LogP contribution in [-0.2, 0) is 0 Å². The molecule has 3 heteroatoms. The molecule has 0 saturated heterocycles. The van der Waals surface area contributed by atoms with E-state index in [1.807, 2.05) is 11.3 Å². The molecule has 3 heterocycles. The van der Waals surface area contributed by atoms with E-state index in [2.05, 4.69) is 156 Å². The number of thiophene rings is 1. The van der Waals surface area contributed by atoms with Crippen LogP contribution in [0.25, 0.3) is 47.6 Å². The van der Waals surface area contributed by atoms with Gasteiger partial charge in [-0.25, -0.2) is 0 Å². The van der Waals surface area contributed by atoms with Crippen molar-refractivity contribution in [3.05, 3.63) is 156 Å². The highest BCUT2D eigenvalue weighted by atomic mass is 32.1. The van der Waals surface area contributed by atoms with Crippen molar-refractivity contribution in [1.29, 1.82) is 0 Å². The molecule has 0 fully saturated rings. The van der Waals surface area contributed by atoms with Crippen LogP contribution in [0.2, 0.25) is 0 Å². The largest absolute Gasteiger partial charge is 0.350 e. The maximum Gasteiger partial charge on any atom is 0.126 e. The van der Waals surface area contributed by atoms with E-state index in [1.54, 1.807) is 0 Å². The molecular weight excluding hydrogens is 541 g/mol. The Morgan fingerprint density at radius 1 is 0.698 bits per heavy atom. The zero-order valence-electron chi connectivity index (χ0n) is 23.9. The van der Waals surface area contributed by atoms with Gasteiger partial charge >= 0.3 is 0 Å². The smallest absolute Gasteiger partial charge is 0.126 e. The van der Waals surface area contributed by atoms with Gasteiger partial charge in [0.05, 0.1) is 11.0 Å². The highest BCUT2D eigenvalue weighted by molar-refractivity contribution is 7.26. The van der Waals surface area contributed by atoms with E-state index in [-0.39, 0.29) is 6.17 Å². The first kappa shape index (κ1) is 24.7. The lowest BCUT2D eigenvalue weighted by Gasteiger charge is -2.37. The minimum absolute atomic E-state index is 0.0280. The summed E-state index contributed by atoms with van der Waals surface area (Å²) in [5.74, 6) is 0.420. The van der Waals surface area contributed by atoms with E-state index in [4.69, 9.17) is 0 Å². The normalized spacial score (nSPS) is 18.4. The van der Waals surface area contributed by atoms with Crippen LogP contribution in [0, 0.1) is 0 Å². The van der Waals surface area contributed by atoms with Crippen LogP contribution in [0.1, 0.15) is 29.6 Å². The first-order chi connectivity index (χ1) is 21.3. The summed E-state index contributed by atoms with van der Waals surface area (Å²) in [6.07, 6.45) is 10.7. The molecule has 0 bridgehead atoms. The SMILES string of the molecule is CN1c2ccccc2C(C2=CCC(c3ccccc3)C=C2)=CC1n1c2ccccc2c2c3sc4ccccc4c3ccc21. The number of anilines is 1. The Labute approximate surface area is 255 Å². The van der Waals surface area contributed by atoms with Crippen molar-refractivity contribution >= 4 is 64.6 Å². The van der Waals surface area contributed by atoms with Gasteiger partial charge in [0.1, 0.15) is 6.17 Å². The zero-order chi connectivity index (χ0) is 28.5. The summed E-state index contributed by atoms with van der Waals surface area (Å²) in [6, 6.07) is 42.2. The van der Waals surface area contributed by atoms with Gasteiger partial charge in [-0.05, 0) is 53.5 Å².